The lowest BCUT2D eigenvalue weighted by atomic mass is 10.0. The van der Waals surface area contributed by atoms with E-state index < -0.39 is 0 Å². The summed E-state index contributed by atoms with van der Waals surface area (Å²) in [6.07, 6.45) is 12.8. The van der Waals surface area contributed by atoms with Crippen LogP contribution in [0.5, 0.6) is 0 Å². The maximum Gasteiger partial charge on any atom is 0.0674 e. The molecule has 0 amide bonds. The highest BCUT2D eigenvalue weighted by Crippen LogP contribution is 2.41. The highest BCUT2D eigenvalue weighted by atomic mass is 32.2. The molecule has 0 N–H and O–H groups in total. The van der Waals surface area contributed by atoms with E-state index in [4.69, 9.17) is 4.74 Å². The van der Waals surface area contributed by atoms with Crippen LogP contribution in [0.1, 0.15) is 12.0 Å². The van der Waals surface area contributed by atoms with Crippen molar-refractivity contribution in [2.24, 2.45) is 0 Å². The average Bonchev–Trinajstić information content (AvgIpc) is 3.43. The van der Waals surface area contributed by atoms with E-state index in [2.05, 4.69) is 52.6 Å². The van der Waals surface area contributed by atoms with Crippen molar-refractivity contribution < 1.29 is 4.74 Å². The van der Waals surface area contributed by atoms with Gasteiger partial charge in [0.2, 0.25) is 0 Å². The molecule has 4 heterocycles. The summed E-state index contributed by atoms with van der Waals surface area (Å²) in [6.45, 7) is 1.72. The fraction of sp³-hybridized carbons (Fsp3) is 0.286. The Kier molecular flexibility index (Phi) is 4.19. The molecule has 1 aromatic heterocycles. The van der Waals surface area contributed by atoms with E-state index in [0.29, 0.717) is 6.04 Å². The lowest BCUT2D eigenvalue weighted by Gasteiger charge is -2.32. The number of nitrogens with zero attached hydrogens (tertiary/aromatic N) is 3. The molecule has 3 aliphatic heterocycles. The summed E-state index contributed by atoms with van der Waals surface area (Å²) in [5.74, 6) is 1.07. The molecular formula is C21H21N3OS. The number of thioether (sulfide) groups is 1. The summed E-state index contributed by atoms with van der Waals surface area (Å²) in [6, 6.07) is 11.1. The first-order valence-corrected chi connectivity index (χ1v) is 10.1. The quantitative estimate of drug-likeness (QED) is 0.824. The molecule has 3 aliphatic rings. The Morgan fingerprint density at radius 1 is 1.23 bits per heavy atom. The third kappa shape index (κ3) is 2.91. The summed E-state index contributed by atoms with van der Waals surface area (Å²) < 4.78 is 7.48. The first kappa shape index (κ1) is 16.0. The molecule has 0 spiro atoms. The van der Waals surface area contributed by atoms with Crippen LogP contribution >= 0.6 is 11.8 Å². The number of fused-ring (bicyclic) bond motifs is 1. The van der Waals surface area contributed by atoms with Gasteiger partial charge in [0.15, 0.2) is 0 Å². The van der Waals surface area contributed by atoms with Crippen molar-refractivity contribution in [3.63, 3.8) is 0 Å². The molecule has 1 unspecified atom stereocenters. The second-order valence-corrected chi connectivity index (χ2v) is 7.82. The number of hydrogen-bond acceptors (Lipinski definition) is 4. The molecule has 4 nitrogen and oxygen atoms in total. The topological polar surface area (TPSA) is 30.3 Å². The van der Waals surface area contributed by atoms with Crippen molar-refractivity contribution in [3.8, 4) is 5.69 Å². The second kappa shape index (κ2) is 6.82. The van der Waals surface area contributed by atoms with E-state index in [1.54, 1.807) is 6.20 Å². The van der Waals surface area contributed by atoms with Crippen molar-refractivity contribution in [2.45, 2.75) is 18.9 Å². The van der Waals surface area contributed by atoms with Crippen LogP contribution in [0.3, 0.4) is 0 Å². The Labute approximate surface area is 157 Å². The zero-order valence-electron chi connectivity index (χ0n) is 14.5. The number of aromatic nitrogens is 2. The lowest BCUT2D eigenvalue weighted by molar-refractivity contribution is 0.177. The van der Waals surface area contributed by atoms with Crippen LogP contribution in [0.15, 0.2) is 77.3 Å². The molecule has 0 bridgehead atoms. The highest BCUT2D eigenvalue weighted by molar-refractivity contribution is 8.03. The van der Waals surface area contributed by atoms with Gasteiger partial charge in [-0.3, -0.25) is 0 Å². The van der Waals surface area contributed by atoms with Gasteiger partial charge in [-0.15, -0.1) is 11.8 Å². The molecule has 2 aromatic rings. The molecule has 1 aromatic carbocycles. The smallest absolute Gasteiger partial charge is 0.0674 e. The molecule has 132 valence electrons. The van der Waals surface area contributed by atoms with Gasteiger partial charge in [0.25, 0.3) is 0 Å². The summed E-state index contributed by atoms with van der Waals surface area (Å²) in [4.78, 5) is 3.86. The Hall–Kier alpha value is -2.24. The minimum absolute atomic E-state index is 0.487. The van der Waals surface area contributed by atoms with Gasteiger partial charge in [-0.25, -0.2) is 4.68 Å². The number of allylic oxidation sites excluding steroid dienone is 2. The van der Waals surface area contributed by atoms with Gasteiger partial charge in [0.05, 0.1) is 24.0 Å². The molecule has 0 radical (unpaired) electrons. The zero-order valence-corrected chi connectivity index (χ0v) is 15.4. The molecule has 1 saturated heterocycles. The third-order valence-electron chi connectivity index (χ3n) is 5.14. The lowest BCUT2D eigenvalue weighted by Crippen LogP contribution is -2.32. The number of rotatable bonds is 4. The zero-order chi connectivity index (χ0) is 17.3. The third-order valence-corrected chi connectivity index (χ3v) is 6.24. The van der Waals surface area contributed by atoms with Gasteiger partial charge in [0, 0.05) is 35.9 Å². The summed E-state index contributed by atoms with van der Waals surface area (Å²) in [7, 11) is 0. The van der Waals surface area contributed by atoms with E-state index in [1.807, 2.05) is 28.7 Å². The van der Waals surface area contributed by atoms with E-state index in [0.717, 1.165) is 37.5 Å². The fourth-order valence-corrected chi connectivity index (χ4v) is 4.85. The molecule has 26 heavy (non-hydrogen) atoms. The van der Waals surface area contributed by atoms with Gasteiger partial charge < -0.3 is 9.64 Å². The van der Waals surface area contributed by atoms with Crippen LogP contribution in [0.4, 0.5) is 0 Å². The van der Waals surface area contributed by atoms with Crippen molar-refractivity contribution in [1.82, 2.24) is 14.7 Å². The minimum Gasteiger partial charge on any atom is -0.379 e. The highest BCUT2D eigenvalue weighted by Gasteiger charge is 2.30. The van der Waals surface area contributed by atoms with E-state index in [1.165, 1.54) is 21.7 Å². The number of benzene rings is 1. The molecule has 5 rings (SSSR count). The molecule has 1 fully saturated rings. The number of ether oxygens (including phenoxy) is 1. The van der Waals surface area contributed by atoms with Gasteiger partial charge in [0.1, 0.15) is 0 Å². The predicted octanol–water partition coefficient (Wildman–Crippen LogP) is 3.92. The van der Waals surface area contributed by atoms with E-state index in [-0.39, 0.29) is 0 Å². The largest absolute Gasteiger partial charge is 0.379 e. The van der Waals surface area contributed by atoms with Crippen molar-refractivity contribution >= 4 is 11.8 Å². The molecule has 5 heteroatoms. The Morgan fingerprint density at radius 2 is 2.15 bits per heavy atom. The van der Waals surface area contributed by atoms with Crippen LogP contribution in [-0.2, 0) is 11.2 Å². The molecule has 1 atom stereocenters. The van der Waals surface area contributed by atoms with Gasteiger partial charge in [-0.1, -0.05) is 12.1 Å². The molecule has 0 saturated carbocycles. The monoisotopic (exact) mass is 363 g/mol. The standard InChI is InChI=1S/C21H21N3OS/c1-9-22-24(10-1)18-4-2-16(3-5-18)14-17-6-11-23(19-7-12-25-15-19)20-8-13-26-21(17)20/h1-6,8-11,19H,7,12-15H2. The van der Waals surface area contributed by atoms with Crippen LogP contribution in [0, 0.1) is 0 Å². The normalized spacial score (nSPS) is 22.1. The second-order valence-electron chi connectivity index (χ2n) is 6.79. The fourth-order valence-electron chi connectivity index (χ4n) is 3.78. The van der Waals surface area contributed by atoms with Crippen LogP contribution in [-0.4, -0.2) is 39.7 Å². The van der Waals surface area contributed by atoms with Crippen LogP contribution < -0.4 is 0 Å². The van der Waals surface area contributed by atoms with Gasteiger partial charge >= 0.3 is 0 Å². The maximum absolute atomic E-state index is 5.59. The van der Waals surface area contributed by atoms with E-state index in [9.17, 15) is 0 Å². The maximum atomic E-state index is 5.59. The Bertz CT molecular complexity index is 874. The first-order chi connectivity index (χ1) is 12.9. The number of hydrogen-bond donors (Lipinski definition) is 0. The summed E-state index contributed by atoms with van der Waals surface area (Å²) in [5, 5.41) is 4.29. The molecular weight excluding hydrogens is 342 g/mol. The van der Waals surface area contributed by atoms with Gasteiger partial charge in [-0.05, 0) is 54.3 Å². The molecule has 0 aliphatic carbocycles. The van der Waals surface area contributed by atoms with Gasteiger partial charge in [-0.2, -0.15) is 5.10 Å². The SMILES string of the molecule is C1=CN(C2CCOC2)C2=CCSC2=C1Cc1ccc(-n2cccn2)cc1. The summed E-state index contributed by atoms with van der Waals surface area (Å²) >= 11 is 1.96. The van der Waals surface area contributed by atoms with Crippen molar-refractivity contribution in [1.29, 1.82) is 0 Å². The predicted molar refractivity (Wildman–Crippen MR) is 105 cm³/mol. The van der Waals surface area contributed by atoms with Crippen LogP contribution in [0.2, 0.25) is 0 Å². The van der Waals surface area contributed by atoms with E-state index >= 15 is 0 Å². The Balaban J connectivity index is 1.36. The van der Waals surface area contributed by atoms with Crippen molar-refractivity contribution in [2.75, 3.05) is 19.0 Å². The summed E-state index contributed by atoms with van der Waals surface area (Å²) in [5.41, 5.74) is 5.23. The first-order valence-electron chi connectivity index (χ1n) is 9.08. The minimum atomic E-state index is 0.487. The Morgan fingerprint density at radius 3 is 2.92 bits per heavy atom. The van der Waals surface area contributed by atoms with Crippen LogP contribution in [0.25, 0.3) is 5.69 Å². The van der Waals surface area contributed by atoms with Crippen molar-refractivity contribution in [3.05, 3.63) is 82.8 Å². The average molecular weight is 363 g/mol.